The molecule has 0 amide bonds. The quantitative estimate of drug-likeness (QED) is 0.414. The molecular formula is C24H35NO2. The summed E-state index contributed by atoms with van der Waals surface area (Å²) in [5, 5.41) is 30.5. The Morgan fingerprint density at radius 1 is 1.15 bits per heavy atom. The maximum atomic E-state index is 10.6. The lowest BCUT2D eigenvalue weighted by molar-refractivity contribution is 0.154. The number of benzene rings is 1. The van der Waals surface area contributed by atoms with Crippen molar-refractivity contribution in [2.45, 2.75) is 83.3 Å². The van der Waals surface area contributed by atoms with Gasteiger partial charge in [0.25, 0.3) is 0 Å². The van der Waals surface area contributed by atoms with Crippen molar-refractivity contribution in [2.75, 3.05) is 0 Å². The summed E-state index contributed by atoms with van der Waals surface area (Å²) in [7, 11) is 0. The molecule has 0 aliphatic heterocycles. The van der Waals surface area contributed by atoms with Gasteiger partial charge in [-0.3, -0.25) is 0 Å². The van der Waals surface area contributed by atoms with Crippen molar-refractivity contribution < 1.29 is 10.2 Å². The predicted octanol–water partition coefficient (Wildman–Crippen LogP) is 5.65. The number of aliphatic hydroxyl groups excluding tert-OH is 2. The third-order valence-corrected chi connectivity index (χ3v) is 5.87. The summed E-state index contributed by atoms with van der Waals surface area (Å²) in [6.45, 7) is 4.32. The monoisotopic (exact) mass is 369 g/mol. The van der Waals surface area contributed by atoms with Crippen molar-refractivity contribution in [3.8, 4) is 6.07 Å². The lowest BCUT2D eigenvalue weighted by atomic mass is 9.82. The van der Waals surface area contributed by atoms with Gasteiger partial charge in [0.2, 0.25) is 0 Å². The van der Waals surface area contributed by atoms with Gasteiger partial charge in [0.1, 0.15) is 0 Å². The number of nitrogens with zero attached hydrogens (tertiary/aromatic N) is 1. The van der Waals surface area contributed by atoms with Crippen molar-refractivity contribution in [3.63, 3.8) is 0 Å². The lowest BCUT2D eigenvalue weighted by Gasteiger charge is -2.23. The summed E-state index contributed by atoms with van der Waals surface area (Å²) in [5.41, 5.74) is 2.03. The number of unbranched alkanes of at least 4 members (excludes halogenated alkanes) is 3. The highest BCUT2D eigenvalue weighted by atomic mass is 16.3. The van der Waals surface area contributed by atoms with Gasteiger partial charge in [0.15, 0.2) is 0 Å². The number of nitriles is 1. The largest absolute Gasteiger partial charge is 0.392 e. The van der Waals surface area contributed by atoms with Crippen LogP contribution in [-0.4, -0.2) is 16.3 Å². The van der Waals surface area contributed by atoms with Gasteiger partial charge in [-0.15, -0.1) is 0 Å². The highest BCUT2D eigenvalue weighted by Crippen LogP contribution is 2.45. The third kappa shape index (κ3) is 5.92. The van der Waals surface area contributed by atoms with Gasteiger partial charge in [-0.2, -0.15) is 5.26 Å². The summed E-state index contributed by atoms with van der Waals surface area (Å²) in [4.78, 5) is 0. The second kappa shape index (κ2) is 11.3. The van der Waals surface area contributed by atoms with Crippen molar-refractivity contribution in [1.29, 1.82) is 5.26 Å². The number of allylic oxidation sites excluding steroid dienone is 2. The van der Waals surface area contributed by atoms with Crippen LogP contribution in [0, 0.1) is 23.2 Å². The van der Waals surface area contributed by atoms with Crippen LogP contribution < -0.4 is 0 Å². The van der Waals surface area contributed by atoms with Crippen LogP contribution in [0.15, 0.2) is 36.4 Å². The van der Waals surface area contributed by atoms with Gasteiger partial charge < -0.3 is 10.2 Å². The first kappa shape index (κ1) is 21.7. The fourth-order valence-electron chi connectivity index (χ4n) is 4.28. The zero-order chi connectivity index (χ0) is 19.6. The molecule has 27 heavy (non-hydrogen) atoms. The summed E-state index contributed by atoms with van der Waals surface area (Å²) in [6, 6.07) is 10.5. The smallest absolute Gasteiger partial charge is 0.0790 e. The molecule has 2 rings (SSSR count). The highest BCUT2D eigenvalue weighted by molar-refractivity contribution is 5.30. The Kier molecular flexibility index (Phi) is 9.04. The van der Waals surface area contributed by atoms with Crippen LogP contribution in [0.2, 0.25) is 0 Å². The maximum Gasteiger partial charge on any atom is 0.0790 e. The van der Waals surface area contributed by atoms with Gasteiger partial charge >= 0.3 is 0 Å². The first-order chi connectivity index (χ1) is 13.1. The molecule has 3 heteroatoms. The minimum Gasteiger partial charge on any atom is -0.392 e. The van der Waals surface area contributed by atoms with Crippen LogP contribution in [0.4, 0.5) is 0 Å². The Balaban J connectivity index is 2.10. The van der Waals surface area contributed by atoms with Crippen LogP contribution in [0.25, 0.3) is 0 Å². The van der Waals surface area contributed by atoms with Gasteiger partial charge in [-0.25, -0.2) is 0 Å². The van der Waals surface area contributed by atoms with Crippen LogP contribution in [0.3, 0.4) is 0 Å². The fraction of sp³-hybridized carbons (Fsp3) is 0.625. The standard InChI is InChI=1S/C24H35NO2/c1-3-5-7-9-10-21-20(17-25)16-23(27)24(21)19-14-12-18(13-15-19)22(26)11-8-6-4-2/h7,9,12-15,20-24,26-27H,3-6,8,10-11,16H2,1-2H3/b9-7-/t20-,21-,22?,23+,24+/m0/s1. The van der Waals surface area contributed by atoms with Gasteiger partial charge in [0, 0.05) is 5.92 Å². The summed E-state index contributed by atoms with van der Waals surface area (Å²) in [5.74, 6) is 0.0428. The first-order valence-corrected chi connectivity index (χ1v) is 10.6. The van der Waals surface area contributed by atoms with Crippen molar-refractivity contribution in [2.24, 2.45) is 11.8 Å². The normalized spacial score (nSPS) is 26.3. The van der Waals surface area contributed by atoms with E-state index in [0.717, 1.165) is 56.1 Å². The lowest BCUT2D eigenvalue weighted by Crippen LogP contribution is -2.18. The average Bonchev–Trinajstić information content (AvgIpc) is 3.00. The number of hydrogen-bond acceptors (Lipinski definition) is 3. The van der Waals surface area contributed by atoms with E-state index < -0.39 is 12.2 Å². The molecular weight excluding hydrogens is 334 g/mol. The Bertz CT molecular complexity index is 616. The molecule has 148 valence electrons. The third-order valence-electron chi connectivity index (χ3n) is 5.87. The minimum absolute atomic E-state index is 0.00721. The predicted molar refractivity (Wildman–Crippen MR) is 110 cm³/mol. The molecule has 0 spiro atoms. The zero-order valence-corrected chi connectivity index (χ0v) is 16.8. The van der Waals surface area contributed by atoms with Crippen molar-refractivity contribution >= 4 is 0 Å². The molecule has 5 atom stereocenters. The van der Waals surface area contributed by atoms with E-state index in [1.807, 2.05) is 24.3 Å². The van der Waals surface area contributed by atoms with E-state index in [1.165, 1.54) is 0 Å². The molecule has 1 fully saturated rings. The van der Waals surface area contributed by atoms with Gasteiger partial charge in [-0.1, -0.05) is 75.9 Å². The molecule has 1 aliphatic carbocycles. The van der Waals surface area contributed by atoms with E-state index in [9.17, 15) is 15.5 Å². The second-order valence-corrected chi connectivity index (χ2v) is 7.90. The molecule has 2 N–H and O–H groups in total. The van der Waals surface area contributed by atoms with Gasteiger partial charge in [-0.05, 0) is 42.7 Å². The van der Waals surface area contributed by atoms with Gasteiger partial charge in [0.05, 0.1) is 24.2 Å². The van der Waals surface area contributed by atoms with E-state index in [-0.39, 0.29) is 17.8 Å². The molecule has 0 radical (unpaired) electrons. The summed E-state index contributed by atoms with van der Waals surface area (Å²) >= 11 is 0. The van der Waals surface area contributed by atoms with Crippen molar-refractivity contribution in [1.82, 2.24) is 0 Å². The highest BCUT2D eigenvalue weighted by Gasteiger charge is 2.42. The number of hydrogen-bond donors (Lipinski definition) is 2. The molecule has 0 heterocycles. The Morgan fingerprint density at radius 2 is 1.89 bits per heavy atom. The molecule has 0 aromatic heterocycles. The maximum absolute atomic E-state index is 10.6. The summed E-state index contributed by atoms with van der Waals surface area (Å²) < 4.78 is 0. The molecule has 0 saturated heterocycles. The molecule has 1 unspecified atom stereocenters. The molecule has 0 bridgehead atoms. The topological polar surface area (TPSA) is 64.2 Å². The fourth-order valence-corrected chi connectivity index (χ4v) is 4.28. The Morgan fingerprint density at radius 3 is 2.52 bits per heavy atom. The van der Waals surface area contributed by atoms with E-state index in [1.54, 1.807) is 0 Å². The SMILES string of the molecule is CCC/C=C\C[C@@H]1[C@@H](c2ccc(C(O)CCCCC)cc2)[C@H](O)C[C@H]1C#N. The average molecular weight is 370 g/mol. The molecule has 1 aromatic carbocycles. The molecule has 1 aliphatic rings. The van der Waals surface area contributed by atoms with E-state index >= 15 is 0 Å². The van der Waals surface area contributed by atoms with Crippen LogP contribution in [0.1, 0.15) is 88.4 Å². The molecule has 3 nitrogen and oxygen atoms in total. The minimum atomic E-state index is -0.473. The van der Waals surface area contributed by atoms with Crippen molar-refractivity contribution in [3.05, 3.63) is 47.5 Å². The van der Waals surface area contributed by atoms with Crippen LogP contribution >= 0.6 is 0 Å². The number of aliphatic hydroxyl groups is 2. The summed E-state index contributed by atoms with van der Waals surface area (Å²) in [6.07, 6.45) is 11.2. The van der Waals surface area contributed by atoms with Crippen LogP contribution in [-0.2, 0) is 0 Å². The Hall–Kier alpha value is -1.63. The second-order valence-electron chi connectivity index (χ2n) is 7.90. The van der Waals surface area contributed by atoms with Crippen LogP contribution in [0.5, 0.6) is 0 Å². The zero-order valence-electron chi connectivity index (χ0n) is 16.8. The Labute approximate surface area is 164 Å². The molecule has 1 saturated carbocycles. The molecule has 1 aromatic rings. The van der Waals surface area contributed by atoms with E-state index in [0.29, 0.717) is 6.42 Å². The van der Waals surface area contributed by atoms with E-state index in [4.69, 9.17) is 0 Å². The van der Waals surface area contributed by atoms with E-state index in [2.05, 4.69) is 32.1 Å². The number of rotatable bonds is 10. The first-order valence-electron chi connectivity index (χ1n) is 10.6.